The Morgan fingerprint density at radius 3 is 2.27 bits per heavy atom. The summed E-state index contributed by atoms with van der Waals surface area (Å²) in [6.07, 6.45) is 1.44. The van der Waals surface area contributed by atoms with Gasteiger partial charge in [0.1, 0.15) is 5.82 Å². The largest absolute Gasteiger partial charge is 0.321 e. The third kappa shape index (κ3) is 5.11. The summed E-state index contributed by atoms with van der Waals surface area (Å²) in [6.45, 7) is 3.49. The first kappa shape index (κ1) is 21.7. The summed E-state index contributed by atoms with van der Waals surface area (Å²) in [4.78, 5) is 29.7. The third-order valence-electron chi connectivity index (χ3n) is 4.33. The predicted octanol–water partition coefficient (Wildman–Crippen LogP) is 5.70. The van der Waals surface area contributed by atoms with E-state index in [1.165, 1.54) is 6.20 Å². The Morgan fingerprint density at radius 1 is 1.00 bits per heavy atom. The minimum absolute atomic E-state index is 0.291. The van der Waals surface area contributed by atoms with Crippen LogP contribution in [0.25, 0.3) is 0 Å². The number of nitrogens with zero attached hydrogens (tertiary/aromatic N) is 1. The Balaban J connectivity index is 1.88. The van der Waals surface area contributed by atoms with Crippen LogP contribution in [0.1, 0.15) is 38.8 Å². The fraction of sp³-hybridized carbons (Fsp3) is 0.0909. The standard InChI is InChI=1S/C22H18BrClN4O2/c1-12-9-16(23)10-18(22(30)27-19-8-7-17(24)11-26-19)20(12)28-21(29)15-5-3-14(4-6-15)13(2)25/h3-11,25H,1-2H3,(H,28,29)(H,26,27,30). The Hall–Kier alpha value is -3.03. The average Bonchev–Trinajstić information content (AvgIpc) is 2.71. The summed E-state index contributed by atoms with van der Waals surface area (Å²) in [6, 6.07) is 13.4. The van der Waals surface area contributed by atoms with Gasteiger partial charge in [-0.25, -0.2) is 4.98 Å². The quantitative estimate of drug-likeness (QED) is 0.405. The molecule has 0 aliphatic heterocycles. The van der Waals surface area contributed by atoms with Crippen LogP contribution in [-0.4, -0.2) is 22.5 Å². The zero-order valence-corrected chi connectivity index (χ0v) is 18.6. The van der Waals surface area contributed by atoms with Crippen LogP contribution in [0.5, 0.6) is 0 Å². The first-order valence-corrected chi connectivity index (χ1v) is 10.1. The number of carbonyl (C=O) groups is 2. The minimum atomic E-state index is -0.417. The van der Waals surface area contributed by atoms with Gasteiger partial charge in [-0.2, -0.15) is 0 Å². The SMILES string of the molecule is CC(=N)c1ccc(C(=O)Nc2c(C)cc(Br)cc2C(=O)Nc2ccc(Cl)cn2)cc1. The zero-order valence-electron chi connectivity index (χ0n) is 16.2. The first-order chi connectivity index (χ1) is 14.2. The van der Waals surface area contributed by atoms with E-state index >= 15 is 0 Å². The summed E-state index contributed by atoms with van der Waals surface area (Å²) in [5.41, 5.74) is 3.00. The molecule has 3 aromatic rings. The molecular weight excluding hydrogens is 468 g/mol. The van der Waals surface area contributed by atoms with Gasteiger partial charge in [-0.1, -0.05) is 39.7 Å². The van der Waals surface area contributed by atoms with Crippen LogP contribution >= 0.6 is 27.5 Å². The number of amides is 2. The molecular formula is C22H18BrClN4O2. The van der Waals surface area contributed by atoms with Crippen LogP contribution < -0.4 is 10.6 Å². The lowest BCUT2D eigenvalue weighted by Crippen LogP contribution is -2.19. The number of pyridine rings is 1. The highest BCUT2D eigenvalue weighted by atomic mass is 79.9. The molecule has 0 unspecified atom stereocenters. The molecule has 152 valence electrons. The molecule has 0 spiro atoms. The van der Waals surface area contributed by atoms with E-state index in [0.717, 1.165) is 11.1 Å². The lowest BCUT2D eigenvalue weighted by molar-refractivity contribution is 0.102. The Kier molecular flexibility index (Phi) is 6.64. The maximum Gasteiger partial charge on any atom is 0.258 e. The van der Waals surface area contributed by atoms with Gasteiger partial charge in [-0.3, -0.25) is 9.59 Å². The number of aryl methyl sites for hydroxylation is 1. The van der Waals surface area contributed by atoms with Gasteiger partial charge in [-0.05, 0) is 61.4 Å². The van der Waals surface area contributed by atoms with Gasteiger partial charge >= 0.3 is 0 Å². The molecule has 0 bridgehead atoms. The van der Waals surface area contributed by atoms with E-state index in [4.69, 9.17) is 17.0 Å². The Bertz CT molecular complexity index is 1130. The van der Waals surface area contributed by atoms with E-state index in [0.29, 0.717) is 37.8 Å². The first-order valence-electron chi connectivity index (χ1n) is 8.94. The number of halogens is 2. The molecule has 0 radical (unpaired) electrons. The number of anilines is 2. The summed E-state index contributed by atoms with van der Waals surface area (Å²) in [5.74, 6) is -0.426. The third-order valence-corrected chi connectivity index (χ3v) is 5.01. The molecule has 1 aromatic heterocycles. The zero-order chi connectivity index (χ0) is 21.8. The van der Waals surface area contributed by atoms with Crippen molar-refractivity contribution in [3.63, 3.8) is 0 Å². The van der Waals surface area contributed by atoms with Crippen molar-refractivity contribution in [1.82, 2.24) is 4.98 Å². The van der Waals surface area contributed by atoms with E-state index < -0.39 is 5.91 Å². The lowest BCUT2D eigenvalue weighted by atomic mass is 10.1. The van der Waals surface area contributed by atoms with Crippen LogP contribution in [0.2, 0.25) is 5.02 Å². The van der Waals surface area contributed by atoms with Gasteiger partial charge in [0.25, 0.3) is 11.8 Å². The normalized spacial score (nSPS) is 10.4. The van der Waals surface area contributed by atoms with Gasteiger partial charge in [-0.15, -0.1) is 0 Å². The van der Waals surface area contributed by atoms with Crippen LogP contribution in [0.3, 0.4) is 0 Å². The van der Waals surface area contributed by atoms with E-state index in [2.05, 4.69) is 31.5 Å². The van der Waals surface area contributed by atoms with E-state index in [9.17, 15) is 9.59 Å². The topological polar surface area (TPSA) is 94.9 Å². The van der Waals surface area contributed by atoms with Gasteiger partial charge in [0, 0.05) is 21.9 Å². The van der Waals surface area contributed by atoms with Crippen molar-refractivity contribution >= 4 is 56.6 Å². The second-order valence-electron chi connectivity index (χ2n) is 6.62. The molecule has 0 saturated heterocycles. The summed E-state index contributed by atoms with van der Waals surface area (Å²) in [5, 5.41) is 13.7. The maximum absolute atomic E-state index is 12.9. The van der Waals surface area contributed by atoms with Crippen LogP contribution in [0, 0.1) is 12.3 Å². The summed E-state index contributed by atoms with van der Waals surface area (Å²) >= 11 is 9.23. The lowest BCUT2D eigenvalue weighted by Gasteiger charge is -2.15. The molecule has 0 aliphatic rings. The summed E-state index contributed by atoms with van der Waals surface area (Å²) < 4.78 is 0.707. The van der Waals surface area contributed by atoms with Crippen molar-refractivity contribution in [1.29, 1.82) is 5.41 Å². The number of carbonyl (C=O) groups excluding carboxylic acids is 2. The number of hydrogen-bond donors (Lipinski definition) is 3. The van der Waals surface area contributed by atoms with Crippen molar-refractivity contribution in [2.24, 2.45) is 0 Å². The number of nitrogens with one attached hydrogen (secondary N) is 3. The molecule has 2 amide bonds. The maximum atomic E-state index is 12.9. The van der Waals surface area contributed by atoms with Crippen molar-refractivity contribution in [2.45, 2.75) is 13.8 Å². The van der Waals surface area contributed by atoms with Gasteiger partial charge < -0.3 is 16.0 Å². The molecule has 6 nitrogen and oxygen atoms in total. The molecule has 2 aromatic carbocycles. The molecule has 1 heterocycles. The molecule has 3 N–H and O–H groups in total. The Morgan fingerprint density at radius 2 is 1.67 bits per heavy atom. The second kappa shape index (κ2) is 9.19. The fourth-order valence-electron chi connectivity index (χ4n) is 2.78. The van der Waals surface area contributed by atoms with E-state index in [1.807, 2.05) is 6.07 Å². The number of rotatable bonds is 5. The Labute approximate surface area is 187 Å². The molecule has 0 fully saturated rings. The van der Waals surface area contributed by atoms with Gasteiger partial charge in [0.2, 0.25) is 0 Å². The van der Waals surface area contributed by atoms with E-state index in [-0.39, 0.29) is 5.91 Å². The molecule has 30 heavy (non-hydrogen) atoms. The fourth-order valence-corrected chi connectivity index (χ4v) is 3.46. The summed E-state index contributed by atoms with van der Waals surface area (Å²) in [7, 11) is 0. The molecule has 0 saturated carbocycles. The highest BCUT2D eigenvalue weighted by Crippen LogP contribution is 2.27. The predicted molar refractivity (Wildman–Crippen MR) is 123 cm³/mol. The van der Waals surface area contributed by atoms with Crippen LogP contribution in [-0.2, 0) is 0 Å². The molecule has 8 heteroatoms. The average molecular weight is 486 g/mol. The molecule has 3 rings (SSSR count). The van der Waals surface area contributed by atoms with Crippen molar-refractivity contribution < 1.29 is 9.59 Å². The number of aromatic nitrogens is 1. The second-order valence-corrected chi connectivity index (χ2v) is 7.97. The van der Waals surface area contributed by atoms with Crippen molar-refractivity contribution in [3.8, 4) is 0 Å². The minimum Gasteiger partial charge on any atom is -0.321 e. The highest BCUT2D eigenvalue weighted by Gasteiger charge is 2.18. The van der Waals surface area contributed by atoms with Crippen molar-refractivity contribution in [2.75, 3.05) is 10.6 Å². The van der Waals surface area contributed by atoms with Crippen LogP contribution in [0.15, 0.2) is 59.2 Å². The number of benzene rings is 2. The monoisotopic (exact) mass is 484 g/mol. The van der Waals surface area contributed by atoms with Crippen LogP contribution in [0.4, 0.5) is 11.5 Å². The highest BCUT2D eigenvalue weighted by molar-refractivity contribution is 9.10. The molecule has 0 aliphatic carbocycles. The van der Waals surface area contributed by atoms with Gasteiger partial charge in [0.05, 0.1) is 16.3 Å². The van der Waals surface area contributed by atoms with Crippen molar-refractivity contribution in [3.05, 3.63) is 86.5 Å². The van der Waals surface area contributed by atoms with E-state index in [1.54, 1.807) is 56.3 Å². The smallest absolute Gasteiger partial charge is 0.258 e. The van der Waals surface area contributed by atoms with Gasteiger partial charge in [0.15, 0.2) is 0 Å². The number of hydrogen-bond acceptors (Lipinski definition) is 4. The molecule has 0 atom stereocenters.